The highest BCUT2D eigenvalue weighted by atomic mass is 32.1. The van der Waals surface area contributed by atoms with Crippen LogP contribution in [0.3, 0.4) is 0 Å². The number of anilines is 1. The van der Waals surface area contributed by atoms with E-state index in [4.69, 9.17) is 5.73 Å². The van der Waals surface area contributed by atoms with Crippen molar-refractivity contribution in [3.8, 4) is 0 Å². The summed E-state index contributed by atoms with van der Waals surface area (Å²) >= 11 is 1.56. The van der Waals surface area contributed by atoms with Crippen LogP contribution in [0.2, 0.25) is 0 Å². The average molecular weight is 318 g/mol. The third-order valence-electron chi connectivity index (χ3n) is 4.75. The molecule has 2 atom stereocenters. The number of benzene rings is 1. The van der Waals surface area contributed by atoms with Crippen LogP contribution in [0.1, 0.15) is 25.7 Å². The molecule has 1 aliphatic carbocycles. The van der Waals surface area contributed by atoms with Crippen LogP contribution >= 0.6 is 11.5 Å². The Balaban J connectivity index is 1.40. The summed E-state index contributed by atoms with van der Waals surface area (Å²) < 4.78 is 5.74. The van der Waals surface area contributed by atoms with E-state index in [0.29, 0.717) is 0 Å². The fourth-order valence-corrected chi connectivity index (χ4v) is 4.19. The summed E-state index contributed by atoms with van der Waals surface area (Å²) in [7, 11) is 0. The van der Waals surface area contributed by atoms with Crippen molar-refractivity contribution < 1.29 is 0 Å². The van der Waals surface area contributed by atoms with Crippen molar-refractivity contribution in [2.75, 3.05) is 31.5 Å². The number of nitrogens with zero attached hydrogens (tertiary/aromatic N) is 1. The van der Waals surface area contributed by atoms with E-state index in [9.17, 15) is 0 Å². The molecule has 0 aliphatic heterocycles. The first kappa shape index (κ1) is 15.7. The molecule has 1 heterocycles. The fraction of sp³-hybridized carbons (Fsp3) is 0.588. The van der Waals surface area contributed by atoms with E-state index in [1.807, 2.05) is 0 Å². The normalized spacial score (nSPS) is 22.0. The molecule has 3 rings (SSSR count). The van der Waals surface area contributed by atoms with Gasteiger partial charge >= 0.3 is 0 Å². The quantitative estimate of drug-likeness (QED) is 0.687. The predicted octanol–water partition coefficient (Wildman–Crippen LogP) is 3.06. The van der Waals surface area contributed by atoms with E-state index < -0.39 is 0 Å². The summed E-state index contributed by atoms with van der Waals surface area (Å²) in [6, 6.07) is 8.37. The SMILES string of the molecule is NCC1CCCCC1CNCCNc1nsc2ccccc12. The van der Waals surface area contributed by atoms with Crippen molar-refractivity contribution in [2.24, 2.45) is 17.6 Å². The Hall–Kier alpha value is -1.17. The van der Waals surface area contributed by atoms with Gasteiger partial charge in [-0.3, -0.25) is 0 Å². The standard InChI is InChI=1S/C17H26N4S/c18-11-13-5-1-2-6-14(13)12-19-9-10-20-17-15-7-3-4-8-16(15)22-21-17/h3-4,7-8,13-14,19H,1-2,5-6,9-12,18H2,(H,20,21). The first-order valence-corrected chi connectivity index (χ1v) is 9.15. The van der Waals surface area contributed by atoms with Crippen molar-refractivity contribution in [1.29, 1.82) is 0 Å². The van der Waals surface area contributed by atoms with Crippen molar-refractivity contribution >= 4 is 27.4 Å². The molecular weight excluding hydrogens is 292 g/mol. The van der Waals surface area contributed by atoms with Gasteiger partial charge in [-0.1, -0.05) is 25.0 Å². The molecule has 2 aromatic rings. The number of hydrogen-bond donors (Lipinski definition) is 3. The van der Waals surface area contributed by atoms with Gasteiger partial charge in [-0.2, -0.15) is 4.37 Å². The molecule has 1 fully saturated rings. The zero-order valence-corrected chi connectivity index (χ0v) is 13.9. The molecule has 5 heteroatoms. The summed E-state index contributed by atoms with van der Waals surface area (Å²) in [6.45, 7) is 3.82. The Kier molecular flexibility index (Phi) is 5.64. The van der Waals surface area contributed by atoms with Crippen molar-refractivity contribution in [2.45, 2.75) is 25.7 Å². The molecule has 22 heavy (non-hydrogen) atoms. The van der Waals surface area contributed by atoms with Crippen LogP contribution in [0, 0.1) is 11.8 Å². The highest BCUT2D eigenvalue weighted by molar-refractivity contribution is 7.13. The molecule has 120 valence electrons. The topological polar surface area (TPSA) is 63.0 Å². The number of nitrogens with one attached hydrogen (secondary N) is 2. The lowest BCUT2D eigenvalue weighted by Crippen LogP contribution is -2.36. The lowest BCUT2D eigenvalue weighted by Gasteiger charge is -2.30. The van der Waals surface area contributed by atoms with E-state index in [2.05, 4.69) is 39.3 Å². The third-order valence-corrected chi connectivity index (χ3v) is 5.57. The van der Waals surface area contributed by atoms with Crippen LogP contribution in [0.5, 0.6) is 0 Å². The van der Waals surface area contributed by atoms with Crippen LogP contribution in [0.4, 0.5) is 5.82 Å². The number of aromatic nitrogens is 1. The molecule has 4 N–H and O–H groups in total. The first-order chi connectivity index (χ1) is 10.9. The van der Waals surface area contributed by atoms with Gasteiger partial charge < -0.3 is 16.4 Å². The van der Waals surface area contributed by atoms with Gasteiger partial charge in [0.25, 0.3) is 0 Å². The second-order valence-electron chi connectivity index (χ2n) is 6.20. The van der Waals surface area contributed by atoms with Gasteiger partial charge in [-0.25, -0.2) is 0 Å². The zero-order chi connectivity index (χ0) is 15.2. The van der Waals surface area contributed by atoms with E-state index in [0.717, 1.165) is 43.8 Å². The van der Waals surface area contributed by atoms with Gasteiger partial charge in [0.15, 0.2) is 0 Å². The summed E-state index contributed by atoms with van der Waals surface area (Å²) in [5, 5.41) is 8.26. The maximum Gasteiger partial charge on any atom is 0.147 e. The minimum Gasteiger partial charge on any atom is -0.367 e. The number of fused-ring (bicyclic) bond motifs is 1. The number of hydrogen-bond acceptors (Lipinski definition) is 5. The first-order valence-electron chi connectivity index (χ1n) is 8.37. The maximum absolute atomic E-state index is 5.89. The van der Waals surface area contributed by atoms with E-state index >= 15 is 0 Å². The Morgan fingerprint density at radius 1 is 1.14 bits per heavy atom. The highest BCUT2D eigenvalue weighted by Crippen LogP contribution is 2.28. The fourth-order valence-electron chi connectivity index (χ4n) is 3.43. The van der Waals surface area contributed by atoms with Gasteiger partial charge in [0, 0.05) is 18.5 Å². The van der Waals surface area contributed by atoms with Gasteiger partial charge in [0.2, 0.25) is 0 Å². The maximum atomic E-state index is 5.89. The van der Waals surface area contributed by atoms with E-state index in [1.165, 1.54) is 35.8 Å². The lowest BCUT2D eigenvalue weighted by atomic mass is 9.79. The van der Waals surface area contributed by atoms with Gasteiger partial charge in [-0.15, -0.1) is 0 Å². The molecule has 0 saturated heterocycles. The molecule has 1 aromatic heterocycles. The van der Waals surface area contributed by atoms with Crippen molar-refractivity contribution in [3.63, 3.8) is 0 Å². The van der Waals surface area contributed by atoms with E-state index in [1.54, 1.807) is 11.5 Å². The minimum atomic E-state index is 0.719. The molecule has 1 aromatic carbocycles. The monoisotopic (exact) mass is 318 g/mol. The summed E-state index contributed by atoms with van der Waals surface area (Å²) in [4.78, 5) is 0. The molecule has 4 nitrogen and oxygen atoms in total. The summed E-state index contributed by atoms with van der Waals surface area (Å²) in [6.07, 6.45) is 5.37. The number of nitrogens with two attached hydrogens (primary N) is 1. The Labute approximate surface area is 136 Å². The third kappa shape index (κ3) is 3.77. The van der Waals surface area contributed by atoms with Gasteiger partial charge in [-0.05, 0) is 61.4 Å². The lowest BCUT2D eigenvalue weighted by molar-refractivity contribution is 0.237. The Morgan fingerprint density at radius 3 is 2.82 bits per heavy atom. The Bertz CT molecular complexity index is 583. The molecule has 0 bridgehead atoms. The molecule has 2 unspecified atom stereocenters. The van der Waals surface area contributed by atoms with Gasteiger partial charge in [0.1, 0.15) is 5.82 Å². The molecular formula is C17H26N4S. The zero-order valence-electron chi connectivity index (χ0n) is 13.1. The summed E-state index contributed by atoms with van der Waals surface area (Å²) in [5.74, 6) is 2.50. The molecule has 1 saturated carbocycles. The largest absolute Gasteiger partial charge is 0.367 e. The van der Waals surface area contributed by atoms with Crippen molar-refractivity contribution in [3.05, 3.63) is 24.3 Å². The smallest absolute Gasteiger partial charge is 0.147 e. The molecule has 1 aliphatic rings. The highest BCUT2D eigenvalue weighted by Gasteiger charge is 2.23. The summed E-state index contributed by atoms with van der Waals surface area (Å²) in [5.41, 5.74) is 5.89. The molecule has 0 amide bonds. The van der Waals surface area contributed by atoms with E-state index in [-0.39, 0.29) is 0 Å². The van der Waals surface area contributed by atoms with Crippen LogP contribution in [-0.4, -0.2) is 30.6 Å². The Morgan fingerprint density at radius 2 is 1.95 bits per heavy atom. The molecule has 0 radical (unpaired) electrons. The van der Waals surface area contributed by atoms with Crippen LogP contribution in [0.15, 0.2) is 24.3 Å². The minimum absolute atomic E-state index is 0.719. The van der Waals surface area contributed by atoms with Crippen LogP contribution < -0.4 is 16.4 Å². The predicted molar refractivity (Wildman–Crippen MR) is 95.5 cm³/mol. The molecule has 0 spiro atoms. The van der Waals surface area contributed by atoms with Crippen molar-refractivity contribution in [1.82, 2.24) is 9.69 Å². The number of rotatable bonds is 7. The second kappa shape index (κ2) is 7.90. The average Bonchev–Trinajstić information content (AvgIpc) is 2.98. The van der Waals surface area contributed by atoms with Gasteiger partial charge in [0.05, 0.1) is 4.70 Å². The van der Waals surface area contributed by atoms with Crippen LogP contribution in [-0.2, 0) is 0 Å². The van der Waals surface area contributed by atoms with Crippen LogP contribution in [0.25, 0.3) is 10.1 Å². The second-order valence-corrected chi connectivity index (χ2v) is 7.00.